The summed E-state index contributed by atoms with van der Waals surface area (Å²) in [4.78, 5) is 16.6. The number of carbonyl (C=O) groups excluding carboxylic acids is 1. The van der Waals surface area contributed by atoms with Crippen molar-refractivity contribution in [3.8, 4) is 11.8 Å². The predicted molar refractivity (Wildman–Crippen MR) is 100 cm³/mol. The van der Waals surface area contributed by atoms with Gasteiger partial charge in [-0.3, -0.25) is 4.79 Å². The van der Waals surface area contributed by atoms with Gasteiger partial charge in [-0.15, -0.1) is 0 Å². The van der Waals surface area contributed by atoms with E-state index in [0.29, 0.717) is 23.7 Å². The van der Waals surface area contributed by atoms with Crippen LogP contribution < -0.4 is 10.1 Å². The van der Waals surface area contributed by atoms with Crippen LogP contribution in [0, 0.1) is 11.3 Å². The van der Waals surface area contributed by atoms with Gasteiger partial charge < -0.3 is 14.8 Å². The number of nitriles is 1. The molecular weight excluding hydrogens is 350 g/mol. The summed E-state index contributed by atoms with van der Waals surface area (Å²) < 4.78 is 11.0. The van der Waals surface area contributed by atoms with Gasteiger partial charge in [-0.1, -0.05) is 11.8 Å². The van der Waals surface area contributed by atoms with E-state index in [-0.39, 0.29) is 17.8 Å². The monoisotopic (exact) mass is 371 g/mol. The number of fused-ring (bicyclic) bond motifs is 1. The minimum Gasteiger partial charge on any atom is -0.494 e. The number of hydrogen-bond acceptors (Lipinski definition) is 6. The van der Waals surface area contributed by atoms with Crippen LogP contribution in [0.15, 0.2) is 29.3 Å². The quantitative estimate of drug-likeness (QED) is 0.754. The van der Waals surface area contributed by atoms with Gasteiger partial charge in [0, 0.05) is 18.5 Å². The van der Waals surface area contributed by atoms with Crippen molar-refractivity contribution < 1.29 is 14.3 Å². The lowest BCUT2D eigenvalue weighted by Gasteiger charge is -2.11. The first-order chi connectivity index (χ1) is 12.7. The highest BCUT2D eigenvalue weighted by atomic mass is 32.2. The molecule has 0 bridgehead atoms. The van der Waals surface area contributed by atoms with E-state index < -0.39 is 0 Å². The van der Waals surface area contributed by atoms with Crippen LogP contribution >= 0.6 is 11.8 Å². The van der Waals surface area contributed by atoms with Crippen molar-refractivity contribution in [2.75, 3.05) is 25.5 Å². The lowest BCUT2D eigenvalue weighted by Crippen LogP contribution is -2.32. The van der Waals surface area contributed by atoms with Gasteiger partial charge in [0.05, 0.1) is 29.5 Å². The van der Waals surface area contributed by atoms with Crippen molar-refractivity contribution in [3.63, 3.8) is 0 Å². The summed E-state index contributed by atoms with van der Waals surface area (Å²) >= 11 is 1.27. The van der Waals surface area contributed by atoms with Crippen molar-refractivity contribution in [2.45, 2.75) is 30.9 Å². The Labute approximate surface area is 156 Å². The van der Waals surface area contributed by atoms with Gasteiger partial charge in [0.15, 0.2) is 0 Å². The fourth-order valence-corrected chi connectivity index (χ4v) is 3.59. The maximum atomic E-state index is 12.0. The Hall–Kier alpha value is -2.30. The van der Waals surface area contributed by atoms with Gasteiger partial charge in [0.1, 0.15) is 16.8 Å². The topological polar surface area (TPSA) is 84.2 Å². The molecule has 6 nitrogen and oxygen atoms in total. The van der Waals surface area contributed by atoms with Crippen LogP contribution in [0.1, 0.15) is 25.3 Å². The van der Waals surface area contributed by atoms with E-state index in [1.165, 1.54) is 11.8 Å². The number of aromatic nitrogens is 1. The summed E-state index contributed by atoms with van der Waals surface area (Å²) in [5.41, 5.74) is 1.23. The summed E-state index contributed by atoms with van der Waals surface area (Å²) in [7, 11) is 0. The van der Waals surface area contributed by atoms with E-state index in [1.54, 1.807) is 6.07 Å². The van der Waals surface area contributed by atoms with Crippen molar-refractivity contribution in [1.82, 2.24) is 10.3 Å². The number of carbonyl (C=O) groups is 1. The Morgan fingerprint density at radius 2 is 2.38 bits per heavy atom. The molecule has 136 valence electrons. The molecule has 1 atom stereocenters. The van der Waals surface area contributed by atoms with E-state index in [9.17, 15) is 10.1 Å². The molecule has 0 spiro atoms. The Kier molecular flexibility index (Phi) is 6.31. The Bertz CT molecular complexity index is 829. The lowest BCUT2D eigenvalue weighted by molar-refractivity contribution is -0.119. The zero-order chi connectivity index (χ0) is 18.4. The van der Waals surface area contributed by atoms with Crippen LogP contribution in [0.2, 0.25) is 0 Å². The molecule has 1 N–H and O–H groups in total. The molecule has 0 unspecified atom stereocenters. The van der Waals surface area contributed by atoms with Crippen LogP contribution in [0.3, 0.4) is 0 Å². The standard InChI is InChI=1S/C19H21N3O3S/c1-2-24-15-5-6-17-13(9-15)8-14(10-20)19(22-17)26-12-18(23)21-11-16-4-3-7-25-16/h5-6,8-9,16H,2-4,7,11-12H2,1H3,(H,21,23)/t16-/m1/s1. The van der Waals surface area contributed by atoms with Crippen LogP contribution in [0.25, 0.3) is 10.9 Å². The summed E-state index contributed by atoms with van der Waals surface area (Å²) in [6.45, 7) is 3.81. The molecule has 1 aromatic heterocycles. The number of thioether (sulfide) groups is 1. The molecule has 7 heteroatoms. The highest BCUT2D eigenvalue weighted by molar-refractivity contribution is 8.00. The third kappa shape index (κ3) is 4.65. The molecule has 1 aliphatic rings. The molecule has 1 amide bonds. The smallest absolute Gasteiger partial charge is 0.230 e. The Balaban J connectivity index is 1.65. The number of ether oxygens (including phenoxy) is 2. The average molecular weight is 371 g/mol. The van der Waals surface area contributed by atoms with Crippen LogP contribution in [-0.2, 0) is 9.53 Å². The minimum absolute atomic E-state index is 0.0806. The number of nitrogens with zero attached hydrogens (tertiary/aromatic N) is 2. The fraction of sp³-hybridized carbons (Fsp3) is 0.421. The van der Waals surface area contributed by atoms with E-state index in [2.05, 4.69) is 16.4 Å². The number of hydrogen-bond donors (Lipinski definition) is 1. The molecule has 1 saturated heterocycles. The average Bonchev–Trinajstić information content (AvgIpc) is 3.17. The maximum Gasteiger partial charge on any atom is 0.230 e. The predicted octanol–water partition coefficient (Wildman–Crippen LogP) is 2.89. The normalized spacial score (nSPS) is 16.4. The zero-order valence-corrected chi connectivity index (χ0v) is 15.5. The van der Waals surface area contributed by atoms with E-state index >= 15 is 0 Å². The first kappa shape index (κ1) is 18.5. The maximum absolute atomic E-state index is 12.0. The first-order valence-corrected chi connectivity index (χ1v) is 9.67. The minimum atomic E-state index is -0.0806. The molecule has 0 saturated carbocycles. The summed E-state index contributed by atoms with van der Waals surface area (Å²) in [6.07, 6.45) is 2.16. The van der Waals surface area contributed by atoms with Gasteiger partial charge in [-0.05, 0) is 44.0 Å². The third-order valence-corrected chi connectivity index (χ3v) is 5.06. The summed E-state index contributed by atoms with van der Waals surface area (Å²) in [5, 5.41) is 13.7. The van der Waals surface area contributed by atoms with Crippen LogP contribution in [0.5, 0.6) is 5.75 Å². The molecule has 1 aliphatic heterocycles. The second kappa shape index (κ2) is 8.88. The zero-order valence-electron chi connectivity index (χ0n) is 14.7. The third-order valence-electron chi connectivity index (χ3n) is 4.07. The molecule has 1 fully saturated rings. The number of rotatable bonds is 7. The number of amides is 1. The molecule has 2 heterocycles. The van der Waals surface area contributed by atoms with Gasteiger partial charge >= 0.3 is 0 Å². The summed E-state index contributed by atoms with van der Waals surface area (Å²) in [6, 6.07) is 9.54. The van der Waals surface area contributed by atoms with Crippen molar-refractivity contribution >= 4 is 28.6 Å². The fourth-order valence-electron chi connectivity index (χ4n) is 2.80. The number of benzene rings is 1. The molecule has 0 radical (unpaired) electrons. The highest BCUT2D eigenvalue weighted by Gasteiger charge is 2.16. The van der Waals surface area contributed by atoms with E-state index in [1.807, 2.05) is 25.1 Å². The lowest BCUT2D eigenvalue weighted by atomic mass is 10.1. The van der Waals surface area contributed by atoms with E-state index in [0.717, 1.165) is 36.1 Å². The number of nitrogens with one attached hydrogen (secondary N) is 1. The van der Waals surface area contributed by atoms with Gasteiger partial charge in [0.2, 0.25) is 5.91 Å². The van der Waals surface area contributed by atoms with E-state index in [4.69, 9.17) is 9.47 Å². The van der Waals surface area contributed by atoms with Crippen molar-refractivity contribution in [3.05, 3.63) is 29.8 Å². The van der Waals surface area contributed by atoms with Gasteiger partial charge in [-0.2, -0.15) is 5.26 Å². The SMILES string of the molecule is CCOc1ccc2nc(SCC(=O)NC[C@H]3CCCO3)c(C#N)cc2c1. The molecular formula is C19H21N3O3S. The largest absolute Gasteiger partial charge is 0.494 e. The van der Waals surface area contributed by atoms with Gasteiger partial charge in [-0.25, -0.2) is 4.98 Å². The second-order valence-corrected chi connectivity index (χ2v) is 6.93. The summed E-state index contributed by atoms with van der Waals surface area (Å²) in [5.74, 6) is 0.888. The van der Waals surface area contributed by atoms with Crippen LogP contribution in [0.4, 0.5) is 0 Å². The molecule has 1 aromatic carbocycles. The number of pyridine rings is 1. The van der Waals surface area contributed by atoms with Crippen molar-refractivity contribution in [1.29, 1.82) is 5.26 Å². The van der Waals surface area contributed by atoms with Crippen LogP contribution in [-0.4, -0.2) is 42.5 Å². The molecule has 0 aliphatic carbocycles. The Morgan fingerprint density at radius 3 is 3.12 bits per heavy atom. The first-order valence-electron chi connectivity index (χ1n) is 8.68. The second-order valence-electron chi connectivity index (χ2n) is 5.97. The highest BCUT2D eigenvalue weighted by Crippen LogP contribution is 2.27. The van der Waals surface area contributed by atoms with Crippen molar-refractivity contribution in [2.24, 2.45) is 0 Å². The van der Waals surface area contributed by atoms with Gasteiger partial charge in [0.25, 0.3) is 0 Å². The molecule has 3 rings (SSSR count). The molecule has 26 heavy (non-hydrogen) atoms. The Morgan fingerprint density at radius 1 is 1.50 bits per heavy atom. The molecule has 2 aromatic rings.